The van der Waals surface area contributed by atoms with Crippen molar-refractivity contribution in [3.63, 3.8) is 0 Å². The van der Waals surface area contributed by atoms with E-state index in [2.05, 4.69) is 19.2 Å². The molecule has 0 bridgehead atoms. The van der Waals surface area contributed by atoms with E-state index in [0.717, 1.165) is 0 Å². The summed E-state index contributed by atoms with van der Waals surface area (Å²) in [7, 11) is 0. The molecular formula is C16H23NO4. The Kier molecular flexibility index (Phi) is 6.21. The third kappa shape index (κ3) is 5.45. The maximum absolute atomic E-state index is 12.0. The molecule has 116 valence electrons. The van der Waals surface area contributed by atoms with Crippen molar-refractivity contribution >= 4 is 11.9 Å². The van der Waals surface area contributed by atoms with Crippen molar-refractivity contribution in [2.75, 3.05) is 6.61 Å². The van der Waals surface area contributed by atoms with Crippen molar-refractivity contribution in [3.8, 4) is 5.75 Å². The number of benzene rings is 1. The molecule has 0 heterocycles. The number of amides is 1. The highest BCUT2D eigenvalue weighted by Crippen LogP contribution is 2.14. The van der Waals surface area contributed by atoms with E-state index in [-0.39, 0.29) is 5.91 Å². The fraction of sp³-hybridized carbons (Fsp3) is 0.500. The predicted octanol–water partition coefficient (Wildman–Crippen LogP) is 2.56. The van der Waals surface area contributed by atoms with Crippen LogP contribution < -0.4 is 10.1 Å². The molecule has 2 N–H and O–H groups in total. The molecule has 21 heavy (non-hydrogen) atoms. The van der Waals surface area contributed by atoms with Crippen LogP contribution >= 0.6 is 0 Å². The highest BCUT2D eigenvalue weighted by molar-refractivity contribution is 5.94. The molecule has 1 aromatic carbocycles. The molecule has 0 fully saturated rings. The summed E-state index contributed by atoms with van der Waals surface area (Å²) in [6.45, 7) is 7.99. The molecule has 2 unspecified atom stereocenters. The molecule has 1 amide bonds. The third-order valence-corrected chi connectivity index (χ3v) is 3.20. The normalized spacial score (nSPS) is 13.6. The fourth-order valence-corrected chi connectivity index (χ4v) is 1.59. The zero-order valence-electron chi connectivity index (χ0n) is 12.9. The molecule has 5 heteroatoms. The number of carboxylic acid groups (broad SMARTS) is 1. The summed E-state index contributed by atoms with van der Waals surface area (Å²) in [6, 6.07) is 6.38. The number of hydrogen-bond acceptors (Lipinski definition) is 3. The molecule has 0 radical (unpaired) electrons. The first-order valence-electron chi connectivity index (χ1n) is 7.07. The maximum Gasteiger partial charge on any atom is 0.308 e. The number of nitrogens with one attached hydrogen (secondary N) is 1. The van der Waals surface area contributed by atoms with Crippen LogP contribution in [0.2, 0.25) is 0 Å². The van der Waals surface area contributed by atoms with E-state index < -0.39 is 17.9 Å². The fourth-order valence-electron chi connectivity index (χ4n) is 1.59. The van der Waals surface area contributed by atoms with Crippen LogP contribution in [0.25, 0.3) is 0 Å². The van der Waals surface area contributed by atoms with Crippen LogP contribution in [0.4, 0.5) is 0 Å². The van der Waals surface area contributed by atoms with E-state index in [1.54, 1.807) is 38.1 Å². The second-order valence-electron chi connectivity index (χ2n) is 5.62. The van der Waals surface area contributed by atoms with Gasteiger partial charge in [-0.2, -0.15) is 0 Å². The van der Waals surface area contributed by atoms with E-state index in [0.29, 0.717) is 23.8 Å². The first-order valence-corrected chi connectivity index (χ1v) is 7.07. The molecule has 0 saturated heterocycles. The quantitative estimate of drug-likeness (QED) is 0.810. The average Bonchev–Trinajstić information content (AvgIpc) is 2.44. The van der Waals surface area contributed by atoms with Crippen molar-refractivity contribution in [3.05, 3.63) is 29.8 Å². The monoisotopic (exact) mass is 293 g/mol. The molecule has 5 nitrogen and oxygen atoms in total. The average molecular weight is 293 g/mol. The second kappa shape index (κ2) is 7.67. The topological polar surface area (TPSA) is 75.6 Å². The van der Waals surface area contributed by atoms with Gasteiger partial charge in [0.05, 0.1) is 12.5 Å². The smallest absolute Gasteiger partial charge is 0.308 e. The molecule has 2 atom stereocenters. The van der Waals surface area contributed by atoms with Crippen LogP contribution in [0.5, 0.6) is 5.75 Å². The SMILES string of the molecule is CC(C)COc1ccc(C(=O)NC(C)C(C)C(=O)O)cc1. The lowest BCUT2D eigenvalue weighted by molar-refractivity contribution is -0.141. The molecule has 0 aromatic heterocycles. The van der Waals surface area contributed by atoms with Crippen molar-refractivity contribution < 1.29 is 19.4 Å². The van der Waals surface area contributed by atoms with Gasteiger partial charge in [0.2, 0.25) is 0 Å². The molecule has 1 aromatic rings. The van der Waals surface area contributed by atoms with Crippen molar-refractivity contribution in [2.45, 2.75) is 33.7 Å². The molecule has 0 aliphatic carbocycles. The van der Waals surface area contributed by atoms with Gasteiger partial charge in [-0.25, -0.2) is 0 Å². The van der Waals surface area contributed by atoms with E-state index >= 15 is 0 Å². The lowest BCUT2D eigenvalue weighted by Gasteiger charge is -2.17. The Balaban J connectivity index is 2.61. The Morgan fingerprint density at radius 1 is 1.14 bits per heavy atom. The zero-order chi connectivity index (χ0) is 16.0. The summed E-state index contributed by atoms with van der Waals surface area (Å²) in [6.07, 6.45) is 0. The van der Waals surface area contributed by atoms with Crippen molar-refractivity contribution in [1.82, 2.24) is 5.32 Å². The Labute approximate surface area is 125 Å². The lowest BCUT2D eigenvalue weighted by atomic mass is 10.0. The summed E-state index contributed by atoms with van der Waals surface area (Å²) in [5, 5.41) is 11.6. The van der Waals surface area contributed by atoms with Crippen LogP contribution in [-0.4, -0.2) is 29.6 Å². The summed E-state index contributed by atoms with van der Waals surface area (Å²) >= 11 is 0. The summed E-state index contributed by atoms with van der Waals surface area (Å²) < 4.78 is 5.54. The van der Waals surface area contributed by atoms with Crippen LogP contribution in [0.3, 0.4) is 0 Å². The summed E-state index contributed by atoms with van der Waals surface area (Å²) in [5.74, 6) is -0.702. The highest BCUT2D eigenvalue weighted by Gasteiger charge is 2.21. The molecule has 0 aliphatic rings. The molecular weight excluding hydrogens is 270 g/mol. The summed E-state index contributed by atoms with van der Waals surface area (Å²) in [5.41, 5.74) is 0.483. The number of hydrogen-bond donors (Lipinski definition) is 2. The number of carbonyl (C=O) groups excluding carboxylic acids is 1. The van der Waals surface area contributed by atoms with Crippen LogP contribution in [0.1, 0.15) is 38.1 Å². The standard InChI is InChI=1S/C16H23NO4/c1-10(2)9-21-14-7-5-13(6-8-14)15(18)17-12(4)11(3)16(19)20/h5-8,10-12H,9H2,1-4H3,(H,17,18)(H,19,20). The second-order valence-corrected chi connectivity index (χ2v) is 5.62. The minimum atomic E-state index is -0.930. The van der Waals surface area contributed by atoms with Gasteiger partial charge in [-0.05, 0) is 44.0 Å². The zero-order valence-corrected chi connectivity index (χ0v) is 12.9. The van der Waals surface area contributed by atoms with Gasteiger partial charge < -0.3 is 15.2 Å². The first kappa shape index (κ1) is 17.0. The third-order valence-electron chi connectivity index (χ3n) is 3.20. The minimum absolute atomic E-state index is 0.286. The largest absolute Gasteiger partial charge is 0.493 e. The van der Waals surface area contributed by atoms with Gasteiger partial charge in [0.1, 0.15) is 5.75 Å². The van der Waals surface area contributed by atoms with E-state index in [4.69, 9.17) is 9.84 Å². The Morgan fingerprint density at radius 3 is 2.19 bits per heavy atom. The summed E-state index contributed by atoms with van der Waals surface area (Å²) in [4.78, 5) is 22.9. The van der Waals surface area contributed by atoms with Gasteiger partial charge >= 0.3 is 5.97 Å². The van der Waals surface area contributed by atoms with Gasteiger partial charge in [-0.3, -0.25) is 9.59 Å². The number of carboxylic acids is 1. The molecule has 0 saturated carbocycles. The minimum Gasteiger partial charge on any atom is -0.493 e. The predicted molar refractivity (Wildman–Crippen MR) is 80.5 cm³/mol. The molecule has 0 aliphatic heterocycles. The number of aliphatic carboxylic acids is 1. The molecule has 1 rings (SSSR count). The van der Waals surface area contributed by atoms with E-state index in [9.17, 15) is 9.59 Å². The Hall–Kier alpha value is -2.04. The Bertz CT molecular complexity index is 482. The van der Waals surface area contributed by atoms with Gasteiger partial charge in [-0.1, -0.05) is 13.8 Å². The van der Waals surface area contributed by atoms with Gasteiger partial charge in [0.15, 0.2) is 0 Å². The van der Waals surface area contributed by atoms with Crippen LogP contribution in [-0.2, 0) is 4.79 Å². The maximum atomic E-state index is 12.0. The van der Waals surface area contributed by atoms with E-state index in [1.165, 1.54) is 0 Å². The first-order chi connectivity index (χ1) is 9.81. The van der Waals surface area contributed by atoms with Crippen LogP contribution in [0, 0.1) is 11.8 Å². The lowest BCUT2D eigenvalue weighted by Crippen LogP contribution is -2.40. The highest BCUT2D eigenvalue weighted by atomic mass is 16.5. The van der Waals surface area contributed by atoms with E-state index in [1.807, 2.05) is 0 Å². The number of carbonyl (C=O) groups is 2. The van der Waals surface area contributed by atoms with Crippen LogP contribution in [0.15, 0.2) is 24.3 Å². The number of ether oxygens (including phenoxy) is 1. The van der Waals surface area contributed by atoms with Crippen molar-refractivity contribution in [2.24, 2.45) is 11.8 Å². The number of rotatable bonds is 7. The van der Waals surface area contributed by atoms with Crippen molar-refractivity contribution in [1.29, 1.82) is 0 Å². The van der Waals surface area contributed by atoms with Gasteiger partial charge in [-0.15, -0.1) is 0 Å². The van der Waals surface area contributed by atoms with Gasteiger partial charge in [0, 0.05) is 11.6 Å². The Morgan fingerprint density at radius 2 is 1.71 bits per heavy atom. The van der Waals surface area contributed by atoms with Gasteiger partial charge in [0.25, 0.3) is 5.91 Å². The molecule has 0 spiro atoms.